The Morgan fingerprint density at radius 1 is 1.19 bits per heavy atom. The van der Waals surface area contributed by atoms with Gasteiger partial charge in [-0.1, -0.05) is 23.2 Å². The Kier molecular flexibility index (Phi) is 4.70. The van der Waals surface area contributed by atoms with Crippen molar-refractivity contribution in [1.29, 1.82) is 5.41 Å². The lowest BCUT2D eigenvalue weighted by atomic mass is 10.1. The van der Waals surface area contributed by atoms with E-state index in [0.717, 1.165) is 16.9 Å². The maximum atomic E-state index is 7.38. The molecule has 0 aromatic heterocycles. The van der Waals surface area contributed by atoms with Gasteiger partial charge in [0.2, 0.25) is 0 Å². The molecule has 0 aliphatic carbocycles. The van der Waals surface area contributed by atoms with Crippen LogP contribution in [0.2, 0.25) is 5.02 Å². The summed E-state index contributed by atoms with van der Waals surface area (Å²) < 4.78 is 11.0. The molecule has 0 unspecified atom stereocenters. The van der Waals surface area contributed by atoms with Crippen LogP contribution in [0.5, 0.6) is 11.5 Å². The number of methoxy groups -OCH3 is 1. The fraction of sp³-hybridized carbons (Fsp3) is 0.188. The van der Waals surface area contributed by atoms with E-state index in [9.17, 15) is 0 Å². The molecule has 110 valence electrons. The molecule has 0 bridgehead atoms. The molecule has 0 heterocycles. The van der Waals surface area contributed by atoms with Crippen LogP contribution in [-0.2, 0) is 6.61 Å². The quantitative estimate of drug-likeness (QED) is 0.656. The van der Waals surface area contributed by atoms with Gasteiger partial charge >= 0.3 is 0 Å². The number of benzene rings is 2. The van der Waals surface area contributed by atoms with Crippen LogP contribution in [0.15, 0.2) is 36.4 Å². The molecule has 0 saturated heterocycles. The number of hydrogen-bond donors (Lipinski definition) is 2. The van der Waals surface area contributed by atoms with Crippen LogP contribution in [-0.4, -0.2) is 12.9 Å². The number of nitrogens with one attached hydrogen (secondary N) is 1. The Labute approximate surface area is 129 Å². The van der Waals surface area contributed by atoms with Gasteiger partial charge < -0.3 is 15.2 Å². The molecule has 4 nitrogen and oxygen atoms in total. The van der Waals surface area contributed by atoms with E-state index >= 15 is 0 Å². The Balaban J connectivity index is 2.17. The van der Waals surface area contributed by atoms with Crippen molar-refractivity contribution in [1.82, 2.24) is 0 Å². The molecule has 0 aliphatic rings. The Bertz CT molecular complexity index is 671. The summed E-state index contributed by atoms with van der Waals surface area (Å²) in [6, 6.07) is 10.9. The van der Waals surface area contributed by atoms with Crippen molar-refractivity contribution in [2.45, 2.75) is 13.5 Å². The van der Waals surface area contributed by atoms with Crippen molar-refractivity contribution in [2.75, 3.05) is 7.11 Å². The molecule has 0 fully saturated rings. The van der Waals surface area contributed by atoms with Gasteiger partial charge in [-0.3, -0.25) is 5.41 Å². The van der Waals surface area contributed by atoms with Gasteiger partial charge in [-0.15, -0.1) is 0 Å². The van der Waals surface area contributed by atoms with Crippen molar-refractivity contribution in [3.05, 3.63) is 58.1 Å². The highest BCUT2D eigenvalue weighted by Gasteiger charge is 2.08. The van der Waals surface area contributed by atoms with Gasteiger partial charge in [0.15, 0.2) is 0 Å². The minimum absolute atomic E-state index is 0.0243. The third-order valence-electron chi connectivity index (χ3n) is 3.06. The van der Waals surface area contributed by atoms with E-state index in [2.05, 4.69) is 0 Å². The molecule has 0 radical (unpaired) electrons. The zero-order valence-corrected chi connectivity index (χ0v) is 12.7. The van der Waals surface area contributed by atoms with E-state index in [0.29, 0.717) is 22.9 Å². The zero-order valence-electron chi connectivity index (χ0n) is 11.9. The molecule has 2 aromatic carbocycles. The van der Waals surface area contributed by atoms with Crippen LogP contribution in [0.25, 0.3) is 0 Å². The smallest absolute Gasteiger partial charge is 0.138 e. The number of halogens is 1. The molecular formula is C16H17ClN2O2. The molecule has 2 rings (SSSR count). The van der Waals surface area contributed by atoms with Crippen LogP contribution >= 0.6 is 11.6 Å². The monoisotopic (exact) mass is 304 g/mol. The summed E-state index contributed by atoms with van der Waals surface area (Å²) in [5.74, 6) is 1.30. The standard InChI is InChI=1S/C16H17ClN2O2/c1-10-3-5-14(20-2)12(7-10)9-21-15-6-4-11(16(18)19)8-13(15)17/h3-8H,9H2,1-2H3,(H3,18,19). The number of nitrogens with two attached hydrogens (primary N) is 1. The second kappa shape index (κ2) is 6.50. The molecule has 0 aliphatic heterocycles. The second-order valence-electron chi connectivity index (χ2n) is 4.66. The summed E-state index contributed by atoms with van der Waals surface area (Å²) in [7, 11) is 1.63. The SMILES string of the molecule is COc1ccc(C)cc1COc1ccc(C(=N)N)cc1Cl. The van der Waals surface area contributed by atoms with Crippen molar-refractivity contribution in [3.63, 3.8) is 0 Å². The molecule has 5 heteroatoms. The summed E-state index contributed by atoms with van der Waals surface area (Å²) in [6.07, 6.45) is 0. The van der Waals surface area contributed by atoms with E-state index < -0.39 is 0 Å². The van der Waals surface area contributed by atoms with E-state index in [4.69, 9.17) is 32.2 Å². The van der Waals surface area contributed by atoms with Gasteiger partial charge in [-0.25, -0.2) is 0 Å². The van der Waals surface area contributed by atoms with Crippen LogP contribution in [0.3, 0.4) is 0 Å². The first-order chi connectivity index (χ1) is 10.0. The van der Waals surface area contributed by atoms with Gasteiger partial charge in [0.05, 0.1) is 12.1 Å². The minimum Gasteiger partial charge on any atom is -0.496 e. The van der Waals surface area contributed by atoms with Gasteiger partial charge in [0.1, 0.15) is 23.9 Å². The number of nitrogen functional groups attached to an aromatic ring is 1. The second-order valence-corrected chi connectivity index (χ2v) is 5.07. The van der Waals surface area contributed by atoms with Crippen LogP contribution < -0.4 is 15.2 Å². The Morgan fingerprint density at radius 3 is 2.52 bits per heavy atom. The summed E-state index contributed by atoms with van der Waals surface area (Å²) in [5, 5.41) is 7.80. The van der Waals surface area contributed by atoms with Crippen molar-refractivity contribution in [3.8, 4) is 11.5 Å². The van der Waals surface area contributed by atoms with Gasteiger partial charge in [-0.2, -0.15) is 0 Å². The maximum Gasteiger partial charge on any atom is 0.138 e. The number of ether oxygens (including phenoxy) is 2. The predicted octanol–water partition coefficient (Wildman–Crippen LogP) is 3.52. The summed E-state index contributed by atoms with van der Waals surface area (Å²) in [5.41, 5.74) is 8.07. The van der Waals surface area contributed by atoms with E-state index in [-0.39, 0.29) is 5.84 Å². The summed E-state index contributed by atoms with van der Waals surface area (Å²) in [6.45, 7) is 2.36. The zero-order chi connectivity index (χ0) is 15.4. The first kappa shape index (κ1) is 15.2. The lowest BCUT2D eigenvalue weighted by molar-refractivity contribution is 0.297. The first-order valence-electron chi connectivity index (χ1n) is 6.41. The Hall–Kier alpha value is -2.20. The van der Waals surface area contributed by atoms with Crippen molar-refractivity contribution < 1.29 is 9.47 Å². The molecule has 2 aromatic rings. The minimum atomic E-state index is -0.0243. The van der Waals surface area contributed by atoms with Crippen LogP contribution in [0.4, 0.5) is 0 Å². The molecule has 3 N–H and O–H groups in total. The number of rotatable bonds is 5. The van der Waals surface area contributed by atoms with Crippen LogP contribution in [0.1, 0.15) is 16.7 Å². The van der Waals surface area contributed by atoms with E-state index in [1.165, 1.54) is 0 Å². The van der Waals surface area contributed by atoms with Crippen LogP contribution in [0, 0.1) is 12.3 Å². The largest absolute Gasteiger partial charge is 0.496 e. The predicted molar refractivity (Wildman–Crippen MR) is 84.5 cm³/mol. The van der Waals surface area contributed by atoms with Gasteiger partial charge in [0.25, 0.3) is 0 Å². The molecule has 0 amide bonds. The lowest BCUT2D eigenvalue weighted by Crippen LogP contribution is -2.10. The van der Waals surface area contributed by atoms with Gasteiger partial charge in [-0.05, 0) is 37.3 Å². The van der Waals surface area contributed by atoms with Gasteiger partial charge in [0, 0.05) is 11.1 Å². The average molecular weight is 305 g/mol. The molecule has 21 heavy (non-hydrogen) atoms. The first-order valence-corrected chi connectivity index (χ1v) is 6.79. The fourth-order valence-electron chi connectivity index (χ4n) is 1.96. The lowest BCUT2D eigenvalue weighted by Gasteiger charge is -2.12. The summed E-state index contributed by atoms with van der Waals surface area (Å²) in [4.78, 5) is 0. The highest BCUT2D eigenvalue weighted by atomic mass is 35.5. The molecular weight excluding hydrogens is 288 g/mol. The average Bonchev–Trinajstić information content (AvgIpc) is 2.46. The Morgan fingerprint density at radius 2 is 1.90 bits per heavy atom. The third-order valence-corrected chi connectivity index (χ3v) is 3.36. The normalized spacial score (nSPS) is 10.2. The fourth-order valence-corrected chi connectivity index (χ4v) is 2.20. The highest BCUT2D eigenvalue weighted by molar-refractivity contribution is 6.32. The topological polar surface area (TPSA) is 68.3 Å². The molecule has 0 atom stereocenters. The number of hydrogen-bond acceptors (Lipinski definition) is 3. The third kappa shape index (κ3) is 3.67. The van der Waals surface area contributed by atoms with E-state index in [1.54, 1.807) is 25.3 Å². The summed E-state index contributed by atoms with van der Waals surface area (Å²) >= 11 is 6.14. The number of amidine groups is 1. The number of aryl methyl sites for hydroxylation is 1. The maximum absolute atomic E-state index is 7.38. The highest BCUT2D eigenvalue weighted by Crippen LogP contribution is 2.28. The van der Waals surface area contributed by atoms with E-state index in [1.807, 2.05) is 25.1 Å². The van der Waals surface area contributed by atoms with Crippen molar-refractivity contribution in [2.24, 2.45) is 5.73 Å². The molecule has 0 saturated carbocycles. The van der Waals surface area contributed by atoms with Crippen molar-refractivity contribution >= 4 is 17.4 Å². The molecule has 0 spiro atoms.